The molecule has 7 nitrogen and oxygen atoms in total. The largest absolute Gasteiger partial charge is 0.357 e. The Morgan fingerprint density at radius 2 is 1.86 bits per heavy atom. The van der Waals surface area contributed by atoms with Gasteiger partial charge in [0.25, 0.3) is 5.91 Å². The van der Waals surface area contributed by atoms with Crippen molar-refractivity contribution in [2.45, 2.75) is 13.5 Å². The Balaban J connectivity index is 1.45. The van der Waals surface area contributed by atoms with Crippen LogP contribution in [-0.2, 0) is 6.54 Å². The third-order valence-corrected chi connectivity index (χ3v) is 4.84. The van der Waals surface area contributed by atoms with Crippen LogP contribution in [0.3, 0.4) is 0 Å². The van der Waals surface area contributed by atoms with Crippen LogP contribution < -0.4 is 10.6 Å². The zero-order valence-corrected chi connectivity index (χ0v) is 17.1. The Kier molecular flexibility index (Phi) is 8.01. The van der Waals surface area contributed by atoms with Gasteiger partial charge in [0.15, 0.2) is 5.96 Å². The van der Waals surface area contributed by atoms with Crippen LogP contribution >= 0.6 is 0 Å². The van der Waals surface area contributed by atoms with Gasteiger partial charge in [-0.1, -0.05) is 30.3 Å². The van der Waals surface area contributed by atoms with Gasteiger partial charge in [-0.15, -0.1) is 0 Å². The molecule has 0 atom stereocenters. The summed E-state index contributed by atoms with van der Waals surface area (Å²) in [6.07, 6.45) is 3.22. The van der Waals surface area contributed by atoms with E-state index in [9.17, 15) is 4.79 Å². The van der Waals surface area contributed by atoms with Gasteiger partial charge in [-0.25, -0.2) is 0 Å². The first kappa shape index (κ1) is 20.8. The number of pyridine rings is 1. The van der Waals surface area contributed by atoms with E-state index in [1.165, 1.54) is 5.56 Å². The molecule has 154 valence electrons. The van der Waals surface area contributed by atoms with Gasteiger partial charge in [-0.3, -0.25) is 19.7 Å². The molecule has 1 aromatic heterocycles. The molecule has 1 aliphatic rings. The number of rotatable bonds is 7. The first-order chi connectivity index (χ1) is 14.3. The summed E-state index contributed by atoms with van der Waals surface area (Å²) in [6, 6.07) is 14.1. The monoisotopic (exact) mass is 394 g/mol. The summed E-state index contributed by atoms with van der Waals surface area (Å²) >= 11 is 0. The summed E-state index contributed by atoms with van der Waals surface area (Å²) in [6.45, 7) is 8.84. The summed E-state index contributed by atoms with van der Waals surface area (Å²) in [4.78, 5) is 25.5. The molecular formula is C22H30N6O. The SMILES string of the molecule is CCNC(=NCCNC(=O)c1cccnc1)N1CCN(Cc2ccccc2)CC1. The molecule has 29 heavy (non-hydrogen) atoms. The molecule has 0 radical (unpaired) electrons. The highest BCUT2D eigenvalue weighted by Gasteiger charge is 2.19. The number of benzene rings is 1. The number of carbonyl (C=O) groups excluding carboxylic acids is 1. The molecule has 0 bridgehead atoms. The molecular weight excluding hydrogens is 364 g/mol. The molecule has 1 amide bonds. The van der Waals surface area contributed by atoms with E-state index in [4.69, 9.17) is 4.99 Å². The minimum Gasteiger partial charge on any atom is -0.357 e. The van der Waals surface area contributed by atoms with E-state index in [0.717, 1.165) is 45.2 Å². The Hall–Kier alpha value is -2.93. The minimum absolute atomic E-state index is 0.118. The van der Waals surface area contributed by atoms with Crippen LogP contribution in [0.4, 0.5) is 0 Å². The van der Waals surface area contributed by atoms with Gasteiger partial charge in [0.05, 0.1) is 12.1 Å². The second-order valence-corrected chi connectivity index (χ2v) is 6.98. The Bertz CT molecular complexity index is 772. The summed E-state index contributed by atoms with van der Waals surface area (Å²) in [7, 11) is 0. The molecule has 1 aromatic carbocycles. The third kappa shape index (κ3) is 6.57. The Morgan fingerprint density at radius 3 is 2.55 bits per heavy atom. The lowest BCUT2D eigenvalue weighted by molar-refractivity contribution is 0.0954. The highest BCUT2D eigenvalue weighted by atomic mass is 16.1. The van der Waals surface area contributed by atoms with Crippen LogP contribution in [0, 0.1) is 0 Å². The standard InChI is InChI=1S/C22H30N6O/c1-2-24-22(26-12-11-25-21(29)20-9-6-10-23-17-20)28-15-13-27(14-16-28)18-19-7-4-3-5-8-19/h3-10,17H,2,11-16,18H2,1H3,(H,24,26)(H,25,29). The Morgan fingerprint density at radius 1 is 1.07 bits per heavy atom. The van der Waals surface area contributed by atoms with Crippen LogP contribution in [0.25, 0.3) is 0 Å². The molecule has 1 fully saturated rings. The fraction of sp³-hybridized carbons (Fsp3) is 0.409. The minimum atomic E-state index is -0.118. The quantitative estimate of drug-likeness (QED) is 0.424. The number of guanidine groups is 1. The summed E-state index contributed by atoms with van der Waals surface area (Å²) in [5, 5.41) is 6.26. The third-order valence-electron chi connectivity index (χ3n) is 4.84. The number of nitrogens with one attached hydrogen (secondary N) is 2. The fourth-order valence-corrected chi connectivity index (χ4v) is 3.32. The number of aromatic nitrogens is 1. The lowest BCUT2D eigenvalue weighted by atomic mass is 10.2. The highest BCUT2D eigenvalue weighted by molar-refractivity contribution is 5.93. The molecule has 2 heterocycles. The van der Waals surface area contributed by atoms with Crippen molar-refractivity contribution >= 4 is 11.9 Å². The average molecular weight is 395 g/mol. The van der Waals surface area contributed by atoms with Crippen molar-refractivity contribution in [3.63, 3.8) is 0 Å². The van der Waals surface area contributed by atoms with E-state index in [1.807, 2.05) is 0 Å². The molecule has 1 saturated heterocycles. The van der Waals surface area contributed by atoms with Crippen LogP contribution in [0.15, 0.2) is 59.9 Å². The van der Waals surface area contributed by atoms with Gasteiger partial charge in [-0.05, 0) is 24.6 Å². The summed E-state index contributed by atoms with van der Waals surface area (Å²) < 4.78 is 0. The number of amides is 1. The predicted octanol–water partition coefficient (Wildman–Crippen LogP) is 1.59. The molecule has 3 rings (SSSR count). The number of hydrogen-bond donors (Lipinski definition) is 2. The van der Waals surface area contributed by atoms with E-state index in [-0.39, 0.29) is 5.91 Å². The van der Waals surface area contributed by atoms with Crippen LogP contribution in [0.5, 0.6) is 0 Å². The van der Waals surface area contributed by atoms with Crippen LogP contribution in [-0.4, -0.2) is 72.5 Å². The summed E-state index contributed by atoms with van der Waals surface area (Å²) in [5.41, 5.74) is 1.92. The first-order valence-electron chi connectivity index (χ1n) is 10.2. The van der Waals surface area contributed by atoms with Gasteiger partial charge in [-0.2, -0.15) is 0 Å². The van der Waals surface area contributed by atoms with Gasteiger partial charge in [0.2, 0.25) is 0 Å². The molecule has 1 aliphatic heterocycles. The average Bonchev–Trinajstić information content (AvgIpc) is 2.78. The molecule has 7 heteroatoms. The number of piperazine rings is 1. The molecule has 0 aliphatic carbocycles. The highest BCUT2D eigenvalue weighted by Crippen LogP contribution is 2.08. The maximum atomic E-state index is 12.1. The molecule has 0 saturated carbocycles. The second kappa shape index (κ2) is 11.2. The topological polar surface area (TPSA) is 72.9 Å². The normalized spacial score (nSPS) is 15.2. The van der Waals surface area contributed by atoms with Crippen molar-refractivity contribution in [2.75, 3.05) is 45.8 Å². The van der Waals surface area contributed by atoms with Crippen molar-refractivity contribution in [3.8, 4) is 0 Å². The maximum absolute atomic E-state index is 12.1. The summed E-state index contributed by atoms with van der Waals surface area (Å²) in [5.74, 6) is 0.801. The van der Waals surface area contributed by atoms with Crippen LogP contribution in [0.2, 0.25) is 0 Å². The first-order valence-corrected chi connectivity index (χ1v) is 10.2. The lowest BCUT2D eigenvalue weighted by Gasteiger charge is -2.36. The van der Waals surface area contributed by atoms with E-state index < -0.39 is 0 Å². The second-order valence-electron chi connectivity index (χ2n) is 6.98. The van der Waals surface area contributed by atoms with Gasteiger partial charge in [0, 0.05) is 58.2 Å². The predicted molar refractivity (Wildman–Crippen MR) is 116 cm³/mol. The van der Waals surface area contributed by atoms with E-state index in [0.29, 0.717) is 18.7 Å². The zero-order chi connectivity index (χ0) is 20.3. The van der Waals surface area contributed by atoms with Crippen molar-refractivity contribution in [1.82, 2.24) is 25.4 Å². The molecule has 0 unspecified atom stereocenters. The lowest BCUT2D eigenvalue weighted by Crippen LogP contribution is -2.52. The van der Waals surface area contributed by atoms with Crippen molar-refractivity contribution in [3.05, 3.63) is 66.0 Å². The molecule has 2 N–H and O–H groups in total. The number of aliphatic imine (C=N–C) groups is 1. The number of nitrogens with zero attached hydrogens (tertiary/aromatic N) is 4. The van der Waals surface area contributed by atoms with Crippen molar-refractivity contribution in [1.29, 1.82) is 0 Å². The van der Waals surface area contributed by atoms with Gasteiger partial charge in [0.1, 0.15) is 0 Å². The van der Waals surface area contributed by atoms with E-state index in [1.54, 1.807) is 24.5 Å². The number of hydrogen-bond acceptors (Lipinski definition) is 4. The van der Waals surface area contributed by atoms with Gasteiger partial charge < -0.3 is 15.5 Å². The van der Waals surface area contributed by atoms with Crippen molar-refractivity contribution < 1.29 is 4.79 Å². The smallest absolute Gasteiger partial charge is 0.252 e. The van der Waals surface area contributed by atoms with Gasteiger partial charge >= 0.3 is 0 Å². The molecule has 2 aromatic rings. The number of carbonyl (C=O) groups is 1. The zero-order valence-electron chi connectivity index (χ0n) is 17.1. The Labute approximate surface area is 172 Å². The van der Waals surface area contributed by atoms with E-state index in [2.05, 4.69) is 62.7 Å². The maximum Gasteiger partial charge on any atom is 0.252 e. The van der Waals surface area contributed by atoms with Crippen molar-refractivity contribution in [2.24, 2.45) is 4.99 Å². The van der Waals surface area contributed by atoms with E-state index >= 15 is 0 Å². The fourth-order valence-electron chi connectivity index (χ4n) is 3.32. The van der Waals surface area contributed by atoms with Crippen LogP contribution in [0.1, 0.15) is 22.8 Å². The molecule has 0 spiro atoms.